The Balaban J connectivity index is 1.79. The Morgan fingerprint density at radius 2 is 1.96 bits per heavy atom. The molecular formula is C20H31N5O. The summed E-state index contributed by atoms with van der Waals surface area (Å²) in [6.45, 7) is 13.3. The number of likely N-dealkylation sites (tertiary alicyclic amines) is 1. The molecule has 0 radical (unpaired) electrons. The van der Waals surface area contributed by atoms with Crippen molar-refractivity contribution in [2.45, 2.75) is 65.5 Å². The van der Waals surface area contributed by atoms with Crippen molar-refractivity contribution >= 4 is 16.9 Å². The number of pyridine rings is 1. The van der Waals surface area contributed by atoms with Crippen LogP contribution >= 0.6 is 0 Å². The molecule has 1 fully saturated rings. The maximum absolute atomic E-state index is 12.9. The molecule has 0 bridgehead atoms. The Labute approximate surface area is 156 Å². The summed E-state index contributed by atoms with van der Waals surface area (Å²) in [5.74, 6) is -0.0473. The molecule has 2 aromatic heterocycles. The minimum atomic E-state index is -0.0473. The number of hydrogen-bond acceptors (Lipinski definition) is 4. The number of fused-ring (bicyclic) bond motifs is 1. The van der Waals surface area contributed by atoms with Gasteiger partial charge in [0.2, 0.25) is 0 Å². The number of nitrogens with zero attached hydrogens (tertiary/aromatic N) is 4. The van der Waals surface area contributed by atoms with E-state index in [9.17, 15) is 4.79 Å². The second-order valence-electron chi connectivity index (χ2n) is 8.27. The Morgan fingerprint density at radius 1 is 1.27 bits per heavy atom. The van der Waals surface area contributed by atoms with Crippen molar-refractivity contribution in [1.82, 2.24) is 25.0 Å². The number of nitrogens with one attached hydrogen (secondary N) is 1. The Kier molecular flexibility index (Phi) is 5.32. The highest BCUT2D eigenvalue weighted by atomic mass is 16.1. The third-order valence-electron chi connectivity index (χ3n) is 5.32. The fourth-order valence-electron chi connectivity index (χ4n) is 3.71. The van der Waals surface area contributed by atoms with Crippen LogP contribution in [-0.2, 0) is 0 Å². The molecule has 1 saturated heterocycles. The van der Waals surface area contributed by atoms with Gasteiger partial charge in [-0.05, 0) is 66.6 Å². The largest absolute Gasteiger partial charge is 0.350 e. The monoisotopic (exact) mass is 357 g/mol. The summed E-state index contributed by atoms with van der Waals surface area (Å²) in [7, 11) is 0. The van der Waals surface area contributed by atoms with Gasteiger partial charge in [-0.1, -0.05) is 6.42 Å². The van der Waals surface area contributed by atoms with Gasteiger partial charge in [-0.25, -0.2) is 9.67 Å². The molecule has 1 aliphatic rings. The minimum Gasteiger partial charge on any atom is -0.350 e. The van der Waals surface area contributed by atoms with Crippen molar-refractivity contribution in [3.63, 3.8) is 0 Å². The van der Waals surface area contributed by atoms with Crippen molar-refractivity contribution in [3.05, 3.63) is 23.5 Å². The summed E-state index contributed by atoms with van der Waals surface area (Å²) in [6.07, 6.45) is 5.56. The van der Waals surface area contributed by atoms with E-state index in [1.165, 1.54) is 19.3 Å². The molecule has 6 heteroatoms. The van der Waals surface area contributed by atoms with Crippen molar-refractivity contribution in [1.29, 1.82) is 0 Å². The normalized spacial score (nSPS) is 16.4. The minimum absolute atomic E-state index is 0.0423. The summed E-state index contributed by atoms with van der Waals surface area (Å²) in [4.78, 5) is 20.0. The Hall–Kier alpha value is -1.95. The van der Waals surface area contributed by atoms with Crippen LogP contribution in [0.4, 0.5) is 0 Å². The molecule has 26 heavy (non-hydrogen) atoms. The molecule has 1 aliphatic heterocycles. The van der Waals surface area contributed by atoms with E-state index in [2.05, 4.69) is 48.0 Å². The Morgan fingerprint density at radius 3 is 2.62 bits per heavy atom. The highest BCUT2D eigenvalue weighted by Crippen LogP contribution is 2.22. The van der Waals surface area contributed by atoms with Gasteiger partial charge >= 0.3 is 0 Å². The number of amides is 1. The van der Waals surface area contributed by atoms with Crippen LogP contribution in [0.15, 0.2) is 12.3 Å². The van der Waals surface area contributed by atoms with Gasteiger partial charge in [0.25, 0.3) is 5.91 Å². The van der Waals surface area contributed by atoms with Gasteiger partial charge in [-0.2, -0.15) is 5.10 Å². The number of carbonyl (C=O) groups is 1. The molecule has 0 saturated carbocycles. The third-order valence-corrected chi connectivity index (χ3v) is 5.32. The van der Waals surface area contributed by atoms with Crippen molar-refractivity contribution in [3.8, 4) is 0 Å². The van der Waals surface area contributed by atoms with Crippen molar-refractivity contribution in [2.75, 3.05) is 19.6 Å². The van der Waals surface area contributed by atoms with E-state index in [1.807, 2.05) is 17.7 Å². The van der Waals surface area contributed by atoms with Crippen LogP contribution in [-0.4, -0.2) is 50.7 Å². The first-order valence-corrected chi connectivity index (χ1v) is 9.68. The van der Waals surface area contributed by atoms with E-state index in [-0.39, 0.29) is 17.5 Å². The zero-order valence-corrected chi connectivity index (χ0v) is 16.7. The standard InChI is InChI=1S/C20H31N5O/c1-14(2)25-18-17(12-22-25)16(11-15(3)23-18)19(26)21-13-20(4,5)24-9-7-6-8-10-24/h11-12,14H,6-10,13H2,1-5H3,(H,21,26). The zero-order chi connectivity index (χ0) is 18.9. The van der Waals surface area contributed by atoms with E-state index in [0.29, 0.717) is 12.1 Å². The van der Waals surface area contributed by atoms with Crippen LogP contribution in [0, 0.1) is 6.92 Å². The molecule has 2 aromatic rings. The van der Waals surface area contributed by atoms with E-state index in [0.717, 1.165) is 29.8 Å². The quantitative estimate of drug-likeness (QED) is 0.892. The van der Waals surface area contributed by atoms with Crippen molar-refractivity contribution < 1.29 is 4.79 Å². The molecule has 0 aromatic carbocycles. The van der Waals surface area contributed by atoms with E-state index in [4.69, 9.17) is 0 Å². The lowest BCUT2D eigenvalue weighted by atomic mass is 9.98. The second-order valence-corrected chi connectivity index (χ2v) is 8.27. The first kappa shape index (κ1) is 18.8. The molecule has 0 atom stereocenters. The average Bonchev–Trinajstić information content (AvgIpc) is 3.03. The maximum atomic E-state index is 12.9. The zero-order valence-electron chi connectivity index (χ0n) is 16.7. The topological polar surface area (TPSA) is 63.1 Å². The van der Waals surface area contributed by atoms with E-state index < -0.39 is 0 Å². The molecule has 3 rings (SSSR count). The molecule has 1 N–H and O–H groups in total. The number of hydrogen-bond donors (Lipinski definition) is 1. The number of aryl methyl sites for hydroxylation is 1. The first-order chi connectivity index (χ1) is 12.3. The smallest absolute Gasteiger partial charge is 0.252 e. The second kappa shape index (κ2) is 7.35. The lowest BCUT2D eigenvalue weighted by Gasteiger charge is -2.41. The van der Waals surface area contributed by atoms with Crippen LogP contribution in [0.3, 0.4) is 0 Å². The van der Waals surface area contributed by atoms with Crippen LogP contribution in [0.5, 0.6) is 0 Å². The van der Waals surface area contributed by atoms with Gasteiger partial charge in [0.15, 0.2) is 5.65 Å². The van der Waals surface area contributed by atoms with Gasteiger partial charge in [0.05, 0.1) is 17.1 Å². The summed E-state index contributed by atoms with van der Waals surface area (Å²) in [5.41, 5.74) is 2.23. The van der Waals surface area contributed by atoms with Crippen LogP contribution < -0.4 is 5.32 Å². The predicted molar refractivity (Wildman–Crippen MR) is 104 cm³/mol. The molecule has 3 heterocycles. The summed E-state index contributed by atoms with van der Waals surface area (Å²) in [6, 6.07) is 2.06. The molecular weight excluding hydrogens is 326 g/mol. The van der Waals surface area contributed by atoms with Gasteiger partial charge in [0.1, 0.15) is 0 Å². The average molecular weight is 358 g/mol. The predicted octanol–water partition coefficient (Wildman–Crippen LogP) is 3.31. The Bertz CT molecular complexity index is 787. The van der Waals surface area contributed by atoms with Crippen LogP contribution in [0.2, 0.25) is 0 Å². The molecule has 1 amide bonds. The highest BCUT2D eigenvalue weighted by Gasteiger charge is 2.28. The van der Waals surface area contributed by atoms with E-state index in [1.54, 1.807) is 6.20 Å². The summed E-state index contributed by atoms with van der Waals surface area (Å²) < 4.78 is 1.87. The van der Waals surface area contributed by atoms with Gasteiger partial charge in [-0.3, -0.25) is 9.69 Å². The lowest BCUT2D eigenvalue weighted by molar-refractivity contribution is 0.0798. The lowest BCUT2D eigenvalue weighted by Crippen LogP contribution is -2.53. The van der Waals surface area contributed by atoms with Crippen LogP contribution in [0.25, 0.3) is 11.0 Å². The van der Waals surface area contributed by atoms with Gasteiger partial charge < -0.3 is 5.32 Å². The molecule has 0 unspecified atom stereocenters. The molecule has 0 aliphatic carbocycles. The van der Waals surface area contributed by atoms with Gasteiger partial charge in [0, 0.05) is 23.8 Å². The number of rotatable bonds is 5. The fourth-order valence-corrected chi connectivity index (χ4v) is 3.71. The SMILES string of the molecule is Cc1cc(C(=O)NCC(C)(C)N2CCCCC2)c2cnn(C(C)C)c2n1. The summed E-state index contributed by atoms with van der Waals surface area (Å²) >= 11 is 0. The van der Waals surface area contributed by atoms with Crippen molar-refractivity contribution in [2.24, 2.45) is 0 Å². The molecule has 6 nitrogen and oxygen atoms in total. The van der Waals surface area contributed by atoms with E-state index >= 15 is 0 Å². The first-order valence-electron chi connectivity index (χ1n) is 9.68. The highest BCUT2D eigenvalue weighted by molar-refractivity contribution is 6.05. The third kappa shape index (κ3) is 3.75. The maximum Gasteiger partial charge on any atom is 0.252 e. The fraction of sp³-hybridized carbons (Fsp3) is 0.650. The number of carbonyl (C=O) groups excluding carboxylic acids is 1. The summed E-state index contributed by atoms with van der Waals surface area (Å²) in [5, 5.41) is 8.39. The van der Waals surface area contributed by atoms with Crippen LogP contribution in [0.1, 0.15) is 69.1 Å². The molecule has 0 spiro atoms. The molecule has 142 valence electrons. The number of aromatic nitrogens is 3. The van der Waals surface area contributed by atoms with Gasteiger partial charge in [-0.15, -0.1) is 0 Å². The number of piperidine rings is 1.